The minimum atomic E-state index is 0.425. The maximum atomic E-state index is 5.68. The Kier molecular flexibility index (Phi) is 4.30. The van der Waals surface area contributed by atoms with Gasteiger partial charge in [-0.05, 0) is 12.5 Å². The number of hydrogen-bond donors (Lipinski definition) is 1. The van der Waals surface area contributed by atoms with Crippen LogP contribution < -0.4 is 10.5 Å². The molecule has 2 heterocycles. The maximum absolute atomic E-state index is 5.68. The van der Waals surface area contributed by atoms with Crippen LogP contribution in [0.4, 0.5) is 0 Å². The molecule has 0 aliphatic carbocycles. The van der Waals surface area contributed by atoms with E-state index in [0.29, 0.717) is 13.2 Å². The fraction of sp³-hybridized carbons (Fsp3) is 0.385. The van der Waals surface area contributed by atoms with Crippen LogP contribution in [0.3, 0.4) is 0 Å². The molecule has 0 amide bonds. The van der Waals surface area contributed by atoms with Crippen molar-refractivity contribution in [2.24, 2.45) is 5.73 Å². The van der Waals surface area contributed by atoms with Gasteiger partial charge >= 0.3 is 0 Å². The second-order valence-electron chi connectivity index (χ2n) is 4.04. The fourth-order valence-electron chi connectivity index (χ4n) is 1.72. The van der Waals surface area contributed by atoms with E-state index in [4.69, 9.17) is 10.5 Å². The summed E-state index contributed by atoms with van der Waals surface area (Å²) in [6.07, 6.45) is 6.43. The summed E-state index contributed by atoms with van der Waals surface area (Å²) < 4.78 is 7.56. The summed E-state index contributed by atoms with van der Waals surface area (Å²) in [6.45, 7) is 3.92. The van der Waals surface area contributed by atoms with Crippen LogP contribution in [0.25, 0.3) is 0 Å². The van der Waals surface area contributed by atoms with Crippen molar-refractivity contribution in [3.05, 3.63) is 42.0 Å². The van der Waals surface area contributed by atoms with Crippen molar-refractivity contribution in [3.63, 3.8) is 0 Å². The summed E-state index contributed by atoms with van der Waals surface area (Å²) in [7, 11) is 0. The molecule has 2 N–H and O–H groups in total. The molecule has 0 bridgehead atoms. The Morgan fingerprint density at radius 1 is 1.44 bits per heavy atom. The van der Waals surface area contributed by atoms with E-state index in [2.05, 4.69) is 17.0 Å². The summed E-state index contributed by atoms with van der Waals surface area (Å²) in [4.78, 5) is 4.22. The Bertz CT molecular complexity index is 495. The van der Waals surface area contributed by atoms with Crippen LogP contribution in [0.15, 0.2) is 30.7 Å². The summed E-state index contributed by atoms with van der Waals surface area (Å²) in [5.41, 5.74) is 7.52. The third-order valence-corrected chi connectivity index (χ3v) is 2.63. The van der Waals surface area contributed by atoms with Crippen molar-refractivity contribution >= 4 is 0 Å². The first-order valence-corrected chi connectivity index (χ1v) is 6.11. The van der Waals surface area contributed by atoms with E-state index >= 15 is 0 Å². The summed E-state index contributed by atoms with van der Waals surface area (Å²) in [5.74, 6) is 0.773. The number of nitrogens with zero attached hydrogens (tertiary/aromatic N) is 3. The van der Waals surface area contributed by atoms with Crippen LogP contribution in [0.2, 0.25) is 0 Å². The summed E-state index contributed by atoms with van der Waals surface area (Å²) in [5, 5.41) is 4.21. The molecule has 2 aromatic rings. The Morgan fingerprint density at radius 3 is 3.11 bits per heavy atom. The second kappa shape index (κ2) is 6.16. The monoisotopic (exact) mass is 246 g/mol. The number of aryl methyl sites for hydroxylation is 1. The molecule has 0 aliphatic rings. The minimum Gasteiger partial charge on any atom is -0.486 e. The molecule has 0 saturated carbocycles. The van der Waals surface area contributed by atoms with Gasteiger partial charge in [0.15, 0.2) is 5.75 Å². The van der Waals surface area contributed by atoms with Gasteiger partial charge in [-0.2, -0.15) is 5.10 Å². The van der Waals surface area contributed by atoms with Crippen molar-refractivity contribution in [3.8, 4) is 5.75 Å². The highest BCUT2D eigenvalue weighted by Crippen LogP contribution is 2.13. The lowest BCUT2D eigenvalue weighted by atomic mass is 10.2. The van der Waals surface area contributed by atoms with Gasteiger partial charge in [-0.1, -0.05) is 13.0 Å². The molecule has 96 valence electrons. The smallest absolute Gasteiger partial charge is 0.157 e. The second-order valence-corrected chi connectivity index (χ2v) is 4.04. The van der Waals surface area contributed by atoms with Crippen LogP contribution in [-0.4, -0.2) is 14.8 Å². The predicted octanol–water partition coefficient (Wildman–Crippen LogP) is 1.73. The lowest BCUT2D eigenvalue weighted by molar-refractivity contribution is 0.304. The Hall–Kier alpha value is -1.88. The molecule has 0 spiro atoms. The zero-order valence-corrected chi connectivity index (χ0v) is 10.5. The average Bonchev–Trinajstić information content (AvgIpc) is 2.85. The number of nitrogens with two attached hydrogens (primary N) is 1. The van der Waals surface area contributed by atoms with Gasteiger partial charge in [-0.25, -0.2) is 0 Å². The van der Waals surface area contributed by atoms with Gasteiger partial charge in [-0.3, -0.25) is 9.67 Å². The predicted molar refractivity (Wildman–Crippen MR) is 69.0 cm³/mol. The van der Waals surface area contributed by atoms with Gasteiger partial charge < -0.3 is 10.5 Å². The van der Waals surface area contributed by atoms with Gasteiger partial charge in [-0.15, -0.1) is 0 Å². The third-order valence-electron chi connectivity index (χ3n) is 2.63. The molecule has 0 fully saturated rings. The van der Waals surface area contributed by atoms with Crippen LogP contribution in [0, 0.1) is 0 Å². The molecule has 2 aromatic heterocycles. The van der Waals surface area contributed by atoms with E-state index in [1.807, 2.05) is 23.0 Å². The SMILES string of the molecule is CCCn1cc(OCc2cccnc2CN)cn1. The first-order chi connectivity index (χ1) is 8.83. The van der Waals surface area contributed by atoms with E-state index < -0.39 is 0 Å². The van der Waals surface area contributed by atoms with Gasteiger partial charge in [0.05, 0.1) is 18.1 Å². The number of pyridine rings is 1. The zero-order chi connectivity index (χ0) is 12.8. The largest absolute Gasteiger partial charge is 0.486 e. The number of hydrogen-bond acceptors (Lipinski definition) is 4. The minimum absolute atomic E-state index is 0.425. The van der Waals surface area contributed by atoms with E-state index in [0.717, 1.165) is 30.0 Å². The van der Waals surface area contributed by atoms with E-state index in [9.17, 15) is 0 Å². The molecule has 0 saturated heterocycles. The maximum Gasteiger partial charge on any atom is 0.157 e. The van der Waals surface area contributed by atoms with E-state index in [1.54, 1.807) is 12.4 Å². The molecule has 5 nitrogen and oxygen atoms in total. The number of aromatic nitrogens is 3. The van der Waals surface area contributed by atoms with Gasteiger partial charge in [0, 0.05) is 24.8 Å². The zero-order valence-electron chi connectivity index (χ0n) is 10.5. The van der Waals surface area contributed by atoms with E-state index in [-0.39, 0.29) is 0 Å². The summed E-state index contributed by atoms with van der Waals surface area (Å²) in [6, 6.07) is 3.87. The normalized spacial score (nSPS) is 10.6. The quantitative estimate of drug-likeness (QED) is 0.843. The lowest BCUT2D eigenvalue weighted by Gasteiger charge is -2.07. The van der Waals surface area contributed by atoms with Gasteiger partial charge in [0.1, 0.15) is 6.61 Å². The molecular formula is C13H18N4O. The third kappa shape index (κ3) is 3.07. The number of ether oxygens (including phenoxy) is 1. The van der Waals surface area contributed by atoms with Crippen molar-refractivity contribution in [1.29, 1.82) is 0 Å². The Balaban J connectivity index is 1.97. The van der Waals surface area contributed by atoms with Gasteiger partial charge in [0.2, 0.25) is 0 Å². The van der Waals surface area contributed by atoms with Crippen LogP contribution >= 0.6 is 0 Å². The Labute approximate surface area is 107 Å². The Morgan fingerprint density at radius 2 is 2.33 bits per heavy atom. The molecule has 0 radical (unpaired) electrons. The van der Waals surface area contributed by atoms with Crippen molar-refractivity contribution in [2.75, 3.05) is 0 Å². The highest BCUT2D eigenvalue weighted by atomic mass is 16.5. The average molecular weight is 246 g/mol. The molecule has 0 unspecified atom stereocenters. The highest BCUT2D eigenvalue weighted by molar-refractivity contribution is 5.20. The molecule has 18 heavy (non-hydrogen) atoms. The molecule has 5 heteroatoms. The molecule has 2 rings (SSSR count). The van der Waals surface area contributed by atoms with Crippen molar-refractivity contribution in [1.82, 2.24) is 14.8 Å². The first kappa shape index (κ1) is 12.6. The topological polar surface area (TPSA) is 66.0 Å². The number of rotatable bonds is 6. The standard InChI is InChI=1S/C13H18N4O/c1-2-6-17-9-12(8-16-17)18-10-11-4-3-5-15-13(11)7-14/h3-5,8-9H,2,6-7,10,14H2,1H3. The van der Waals surface area contributed by atoms with Crippen LogP contribution in [0.1, 0.15) is 24.6 Å². The lowest BCUT2D eigenvalue weighted by Crippen LogP contribution is -2.06. The molecule has 0 atom stereocenters. The summed E-state index contributed by atoms with van der Waals surface area (Å²) >= 11 is 0. The van der Waals surface area contributed by atoms with Gasteiger partial charge in [0.25, 0.3) is 0 Å². The molecule has 0 aliphatic heterocycles. The molecule has 0 aromatic carbocycles. The van der Waals surface area contributed by atoms with Crippen LogP contribution in [0.5, 0.6) is 5.75 Å². The fourth-order valence-corrected chi connectivity index (χ4v) is 1.72. The highest BCUT2D eigenvalue weighted by Gasteiger charge is 2.04. The van der Waals surface area contributed by atoms with Crippen LogP contribution in [-0.2, 0) is 19.7 Å². The van der Waals surface area contributed by atoms with Crippen molar-refractivity contribution in [2.45, 2.75) is 33.0 Å². The van der Waals surface area contributed by atoms with Crippen molar-refractivity contribution < 1.29 is 4.74 Å². The molecular weight excluding hydrogens is 228 g/mol. The first-order valence-electron chi connectivity index (χ1n) is 6.11. The van der Waals surface area contributed by atoms with E-state index in [1.165, 1.54) is 0 Å².